The van der Waals surface area contributed by atoms with Gasteiger partial charge < -0.3 is 4.90 Å². The lowest BCUT2D eigenvalue weighted by atomic mass is 9.97. The van der Waals surface area contributed by atoms with Crippen molar-refractivity contribution in [3.8, 4) is 0 Å². The molecule has 2 heterocycles. The fourth-order valence-electron chi connectivity index (χ4n) is 3.91. The Morgan fingerprint density at radius 2 is 1.56 bits per heavy atom. The first kappa shape index (κ1) is 17.8. The van der Waals surface area contributed by atoms with Gasteiger partial charge in [-0.25, -0.2) is 4.90 Å². The second-order valence-corrected chi connectivity index (χ2v) is 7.59. The number of imide groups is 1. The largest absolute Gasteiger partial charge is 0.366 e. The molecule has 1 fully saturated rings. The third-order valence-electron chi connectivity index (χ3n) is 5.22. The molecular weight excluding hydrogens is 360 g/mol. The fourth-order valence-corrected chi connectivity index (χ4v) is 4.04. The molecule has 4 nitrogen and oxygen atoms in total. The van der Waals surface area contributed by atoms with Gasteiger partial charge in [-0.3, -0.25) is 9.59 Å². The monoisotopic (exact) mass is 380 g/mol. The van der Waals surface area contributed by atoms with Crippen LogP contribution in [0, 0.1) is 13.8 Å². The third-order valence-corrected chi connectivity index (χ3v) is 5.47. The average molecular weight is 381 g/mol. The van der Waals surface area contributed by atoms with Crippen molar-refractivity contribution in [3.63, 3.8) is 0 Å². The van der Waals surface area contributed by atoms with Crippen LogP contribution in [-0.4, -0.2) is 29.8 Å². The van der Waals surface area contributed by atoms with Crippen LogP contribution in [0.5, 0.6) is 0 Å². The van der Waals surface area contributed by atoms with Crippen LogP contribution in [-0.2, 0) is 9.59 Å². The SMILES string of the molecule is Cc1ccc(C2=C(N3CCCC3)C(=O)N(c3ccc(Cl)cc3)C2=O)c(C)c1. The molecule has 0 atom stereocenters. The molecule has 0 radical (unpaired) electrons. The molecule has 0 aliphatic carbocycles. The van der Waals surface area contributed by atoms with Crippen LogP contribution in [0.2, 0.25) is 5.02 Å². The van der Waals surface area contributed by atoms with Crippen molar-refractivity contribution in [2.75, 3.05) is 18.0 Å². The normalized spacial score (nSPS) is 17.4. The molecule has 4 rings (SSSR count). The van der Waals surface area contributed by atoms with Crippen LogP contribution >= 0.6 is 11.6 Å². The molecule has 0 spiro atoms. The Hall–Kier alpha value is -2.59. The maximum atomic E-state index is 13.4. The lowest BCUT2D eigenvalue weighted by Crippen LogP contribution is -2.34. The number of benzene rings is 2. The highest BCUT2D eigenvalue weighted by molar-refractivity contribution is 6.45. The standard InChI is InChI=1S/C22H21ClN2O2/c1-14-5-10-18(15(2)13-14)19-20(24-11-3-4-12-24)22(27)25(21(19)26)17-8-6-16(23)7-9-17/h5-10,13H,3-4,11-12H2,1-2H3. The van der Waals surface area contributed by atoms with E-state index in [1.165, 1.54) is 4.90 Å². The van der Waals surface area contributed by atoms with E-state index in [-0.39, 0.29) is 11.8 Å². The first-order valence-electron chi connectivity index (χ1n) is 9.18. The first-order valence-corrected chi connectivity index (χ1v) is 9.56. The van der Waals surface area contributed by atoms with Crippen molar-refractivity contribution < 1.29 is 9.59 Å². The van der Waals surface area contributed by atoms with Crippen LogP contribution in [0.1, 0.15) is 29.5 Å². The van der Waals surface area contributed by atoms with Crippen LogP contribution in [0.25, 0.3) is 5.57 Å². The highest BCUT2D eigenvalue weighted by Gasteiger charge is 2.43. The highest BCUT2D eigenvalue weighted by Crippen LogP contribution is 2.37. The van der Waals surface area contributed by atoms with Crippen LogP contribution < -0.4 is 4.90 Å². The zero-order valence-electron chi connectivity index (χ0n) is 15.5. The van der Waals surface area contributed by atoms with E-state index in [0.29, 0.717) is 22.0 Å². The predicted octanol–water partition coefficient (Wildman–Crippen LogP) is 4.34. The Morgan fingerprint density at radius 3 is 2.19 bits per heavy atom. The molecule has 0 saturated carbocycles. The van der Waals surface area contributed by atoms with Gasteiger partial charge in [-0.2, -0.15) is 0 Å². The van der Waals surface area contributed by atoms with E-state index in [2.05, 4.69) is 4.90 Å². The van der Waals surface area contributed by atoms with Crippen LogP contribution in [0.15, 0.2) is 48.2 Å². The van der Waals surface area contributed by atoms with Crippen molar-refractivity contribution in [1.82, 2.24) is 4.90 Å². The Labute approximate surface area is 164 Å². The van der Waals surface area contributed by atoms with Crippen molar-refractivity contribution in [2.45, 2.75) is 26.7 Å². The molecule has 2 aromatic rings. The van der Waals surface area contributed by atoms with Crippen molar-refractivity contribution >= 4 is 34.7 Å². The van der Waals surface area contributed by atoms with Gasteiger partial charge in [-0.05, 0) is 62.1 Å². The summed E-state index contributed by atoms with van der Waals surface area (Å²) in [6, 6.07) is 12.8. The molecular formula is C22H21ClN2O2. The summed E-state index contributed by atoms with van der Waals surface area (Å²) in [6.07, 6.45) is 2.07. The predicted molar refractivity (Wildman–Crippen MR) is 108 cm³/mol. The second kappa shape index (κ2) is 6.86. The summed E-state index contributed by atoms with van der Waals surface area (Å²) in [4.78, 5) is 30.1. The molecule has 0 bridgehead atoms. The van der Waals surface area contributed by atoms with Gasteiger partial charge in [0.05, 0.1) is 11.3 Å². The second-order valence-electron chi connectivity index (χ2n) is 7.16. The highest BCUT2D eigenvalue weighted by atomic mass is 35.5. The number of likely N-dealkylation sites (tertiary alicyclic amines) is 1. The van der Waals surface area contributed by atoms with E-state index in [1.807, 2.05) is 32.0 Å². The minimum absolute atomic E-state index is 0.251. The molecule has 2 aliphatic heterocycles. The topological polar surface area (TPSA) is 40.6 Å². The number of aryl methyl sites for hydroxylation is 2. The molecule has 2 aliphatic rings. The lowest BCUT2D eigenvalue weighted by molar-refractivity contribution is -0.120. The minimum Gasteiger partial charge on any atom is -0.366 e. The number of carbonyl (C=O) groups is 2. The van der Waals surface area contributed by atoms with Crippen molar-refractivity contribution in [3.05, 3.63) is 69.9 Å². The van der Waals surface area contributed by atoms with E-state index in [4.69, 9.17) is 11.6 Å². The van der Waals surface area contributed by atoms with E-state index >= 15 is 0 Å². The minimum atomic E-state index is -0.267. The molecule has 5 heteroatoms. The Morgan fingerprint density at radius 1 is 0.889 bits per heavy atom. The number of amides is 2. The van der Waals surface area contributed by atoms with Gasteiger partial charge in [0.2, 0.25) is 0 Å². The van der Waals surface area contributed by atoms with Gasteiger partial charge >= 0.3 is 0 Å². The van der Waals surface area contributed by atoms with E-state index < -0.39 is 0 Å². The first-order chi connectivity index (χ1) is 13.0. The number of nitrogens with zero attached hydrogens (tertiary/aromatic N) is 2. The van der Waals surface area contributed by atoms with Gasteiger partial charge in [0.1, 0.15) is 5.70 Å². The number of carbonyl (C=O) groups excluding carboxylic acids is 2. The molecule has 27 heavy (non-hydrogen) atoms. The molecule has 0 aromatic heterocycles. The van der Waals surface area contributed by atoms with Crippen molar-refractivity contribution in [1.29, 1.82) is 0 Å². The molecule has 0 unspecified atom stereocenters. The maximum Gasteiger partial charge on any atom is 0.282 e. The summed E-state index contributed by atoms with van der Waals surface area (Å²) in [5, 5.41) is 0.570. The number of halogens is 1. The van der Waals surface area contributed by atoms with Gasteiger partial charge in [0, 0.05) is 18.1 Å². The Balaban J connectivity index is 1.86. The quantitative estimate of drug-likeness (QED) is 0.744. The number of hydrogen-bond acceptors (Lipinski definition) is 3. The van der Waals surface area contributed by atoms with Crippen molar-refractivity contribution in [2.24, 2.45) is 0 Å². The van der Waals surface area contributed by atoms with Gasteiger partial charge in [0.15, 0.2) is 0 Å². The van der Waals surface area contributed by atoms with Gasteiger partial charge in [-0.15, -0.1) is 0 Å². The summed E-state index contributed by atoms with van der Waals surface area (Å²) < 4.78 is 0. The van der Waals surface area contributed by atoms with E-state index in [0.717, 1.165) is 42.6 Å². The van der Waals surface area contributed by atoms with E-state index in [1.54, 1.807) is 24.3 Å². The summed E-state index contributed by atoms with van der Waals surface area (Å²) in [7, 11) is 0. The summed E-state index contributed by atoms with van der Waals surface area (Å²) in [5.41, 5.74) is 4.55. The van der Waals surface area contributed by atoms with Gasteiger partial charge in [0.25, 0.3) is 11.8 Å². The zero-order valence-corrected chi connectivity index (χ0v) is 16.2. The summed E-state index contributed by atoms with van der Waals surface area (Å²) in [5.74, 6) is -0.518. The maximum absolute atomic E-state index is 13.4. The molecule has 2 aromatic carbocycles. The lowest BCUT2D eigenvalue weighted by Gasteiger charge is -2.20. The third kappa shape index (κ3) is 3.04. The zero-order chi connectivity index (χ0) is 19.1. The number of rotatable bonds is 3. The molecule has 0 N–H and O–H groups in total. The fraction of sp³-hybridized carbons (Fsp3) is 0.273. The smallest absolute Gasteiger partial charge is 0.282 e. The van der Waals surface area contributed by atoms with Crippen LogP contribution in [0.3, 0.4) is 0 Å². The van der Waals surface area contributed by atoms with Crippen LogP contribution in [0.4, 0.5) is 5.69 Å². The average Bonchev–Trinajstić information content (AvgIpc) is 3.23. The molecule has 2 amide bonds. The number of anilines is 1. The molecule has 138 valence electrons. The summed E-state index contributed by atoms with van der Waals surface area (Å²) >= 11 is 5.98. The summed E-state index contributed by atoms with van der Waals surface area (Å²) in [6.45, 7) is 5.61. The Kier molecular flexibility index (Phi) is 4.52. The van der Waals surface area contributed by atoms with E-state index in [9.17, 15) is 9.59 Å². The number of hydrogen-bond donors (Lipinski definition) is 0. The Bertz CT molecular complexity index is 957. The molecule has 1 saturated heterocycles. The van der Waals surface area contributed by atoms with Gasteiger partial charge in [-0.1, -0.05) is 35.4 Å².